The van der Waals surface area contributed by atoms with Gasteiger partial charge in [0.15, 0.2) is 11.9 Å². The van der Waals surface area contributed by atoms with Gasteiger partial charge in [-0.3, -0.25) is 4.79 Å². The molecule has 38 heavy (non-hydrogen) atoms. The van der Waals surface area contributed by atoms with E-state index in [1.54, 1.807) is 43.3 Å². The fraction of sp³-hybridized carbons (Fsp3) is 0.207. The summed E-state index contributed by atoms with van der Waals surface area (Å²) in [6.45, 7) is 5.88. The first kappa shape index (κ1) is 26.3. The van der Waals surface area contributed by atoms with Crippen LogP contribution < -0.4 is 14.9 Å². The maximum atomic E-state index is 12.5. The molecule has 4 aromatic rings. The number of esters is 1. The van der Waals surface area contributed by atoms with Gasteiger partial charge < -0.3 is 23.2 Å². The summed E-state index contributed by atoms with van der Waals surface area (Å²) >= 11 is 0. The van der Waals surface area contributed by atoms with Crippen LogP contribution in [0.15, 0.2) is 82.3 Å². The number of carbonyl (C=O) groups is 2. The Kier molecular flexibility index (Phi) is 8.27. The summed E-state index contributed by atoms with van der Waals surface area (Å²) in [6.07, 6.45) is 0.628. The lowest BCUT2D eigenvalue weighted by molar-refractivity contribution is -0.147. The molecule has 4 rings (SSSR count). The van der Waals surface area contributed by atoms with E-state index >= 15 is 0 Å². The van der Waals surface area contributed by atoms with Gasteiger partial charge in [0, 0.05) is 22.6 Å². The molecule has 9 nitrogen and oxygen atoms in total. The number of aromatic nitrogens is 1. The highest BCUT2D eigenvalue weighted by molar-refractivity contribution is 5.92. The van der Waals surface area contributed by atoms with Crippen molar-refractivity contribution in [3.05, 3.63) is 101 Å². The Balaban J connectivity index is 1.31. The molecule has 0 radical (unpaired) electrons. The summed E-state index contributed by atoms with van der Waals surface area (Å²) in [5.74, 6) is 0.685. The summed E-state index contributed by atoms with van der Waals surface area (Å²) in [5, 5.41) is 3.98. The normalized spacial score (nSPS) is 11.8. The fourth-order valence-electron chi connectivity index (χ4n) is 3.81. The van der Waals surface area contributed by atoms with E-state index < -0.39 is 18.0 Å². The van der Waals surface area contributed by atoms with Gasteiger partial charge in [-0.05, 0) is 81.4 Å². The Hall–Kier alpha value is -4.79. The third kappa shape index (κ3) is 6.31. The Labute approximate surface area is 220 Å². The van der Waals surface area contributed by atoms with E-state index in [0.29, 0.717) is 22.8 Å². The van der Waals surface area contributed by atoms with E-state index in [4.69, 9.17) is 13.9 Å². The van der Waals surface area contributed by atoms with Crippen molar-refractivity contribution in [2.75, 3.05) is 7.11 Å². The van der Waals surface area contributed by atoms with Crippen LogP contribution in [0.4, 0.5) is 0 Å². The minimum absolute atomic E-state index is 0.0958. The summed E-state index contributed by atoms with van der Waals surface area (Å²) < 4.78 is 23.9. The standard InChI is InChI=1S/C29H29N3O6/c1-19-9-10-20(2)32(19)23-11-13-24(14-12-23)36-18-25-15-16-27(38-25)28(33)31-30-17-22-7-5-6-8-26(22)37-21(3)29(34)35-4/h5-17,21H,18H2,1-4H3,(H,31,33)/b30-17+/t21-/m1/s1. The van der Waals surface area contributed by atoms with E-state index in [1.807, 2.05) is 24.3 Å². The minimum atomic E-state index is -0.793. The van der Waals surface area contributed by atoms with Crippen LogP contribution in [0.5, 0.6) is 11.5 Å². The molecule has 2 heterocycles. The van der Waals surface area contributed by atoms with E-state index in [9.17, 15) is 9.59 Å². The first-order chi connectivity index (χ1) is 18.4. The molecule has 0 bridgehead atoms. The van der Waals surface area contributed by atoms with Gasteiger partial charge >= 0.3 is 11.9 Å². The maximum Gasteiger partial charge on any atom is 0.346 e. The Morgan fingerprint density at radius 1 is 1.00 bits per heavy atom. The van der Waals surface area contributed by atoms with Crippen LogP contribution in [0, 0.1) is 13.8 Å². The van der Waals surface area contributed by atoms with Crippen molar-refractivity contribution in [3.8, 4) is 17.2 Å². The summed E-state index contributed by atoms with van der Waals surface area (Å²) in [4.78, 5) is 24.1. The number of rotatable bonds is 10. The molecule has 0 saturated carbocycles. The van der Waals surface area contributed by atoms with E-state index in [1.165, 1.54) is 13.3 Å². The molecule has 1 amide bonds. The third-order valence-electron chi connectivity index (χ3n) is 5.76. The van der Waals surface area contributed by atoms with Crippen LogP contribution in [0.3, 0.4) is 0 Å². The highest BCUT2D eigenvalue weighted by Crippen LogP contribution is 2.21. The third-order valence-corrected chi connectivity index (χ3v) is 5.76. The number of nitrogens with zero attached hydrogens (tertiary/aromatic N) is 2. The van der Waals surface area contributed by atoms with Crippen LogP contribution in [0.1, 0.15) is 40.2 Å². The predicted molar refractivity (Wildman–Crippen MR) is 142 cm³/mol. The second-order valence-corrected chi connectivity index (χ2v) is 8.52. The van der Waals surface area contributed by atoms with Crippen LogP contribution in [0.25, 0.3) is 5.69 Å². The van der Waals surface area contributed by atoms with Crippen LogP contribution in [-0.4, -0.2) is 35.9 Å². The number of hydrogen-bond acceptors (Lipinski definition) is 7. The number of amides is 1. The monoisotopic (exact) mass is 515 g/mol. The van der Waals surface area contributed by atoms with Gasteiger partial charge in [0.25, 0.3) is 0 Å². The largest absolute Gasteiger partial charge is 0.486 e. The number of nitrogens with one attached hydrogen (secondary N) is 1. The molecular formula is C29H29N3O6. The zero-order chi connectivity index (χ0) is 27.1. The van der Waals surface area contributed by atoms with Gasteiger partial charge in [-0.25, -0.2) is 10.2 Å². The molecule has 0 unspecified atom stereocenters. The van der Waals surface area contributed by atoms with Gasteiger partial charge in [0.1, 0.15) is 23.9 Å². The van der Waals surface area contributed by atoms with Gasteiger partial charge in [-0.2, -0.15) is 5.10 Å². The zero-order valence-corrected chi connectivity index (χ0v) is 21.6. The number of hydrogen-bond donors (Lipinski definition) is 1. The number of hydrazone groups is 1. The second-order valence-electron chi connectivity index (χ2n) is 8.52. The molecule has 0 fully saturated rings. The number of carbonyl (C=O) groups excluding carboxylic acids is 2. The number of aryl methyl sites for hydroxylation is 2. The molecular weight excluding hydrogens is 486 g/mol. The quantitative estimate of drug-likeness (QED) is 0.182. The smallest absolute Gasteiger partial charge is 0.346 e. The Morgan fingerprint density at radius 3 is 2.42 bits per heavy atom. The van der Waals surface area contributed by atoms with Gasteiger partial charge in [0.05, 0.1) is 13.3 Å². The van der Waals surface area contributed by atoms with Crippen molar-refractivity contribution in [3.63, 3.8) is 0 Å². The average Bonchev–Trinajstić information content (AvgIpc) is 3.54. The minimum Gasteiger partial charge on any atom is -0.486 e. The molecule has 9 heteroatoms. The molecule has 0 aliphatic carbocycles. The first-order valence-corrected chi connectivity index (χ1v) is 12.0. The highest BCUT2D eigenvalue weighted by Gasteiger charge is 2.16. The second kappa shape index (κ2) is 12.0. The lowest BCUT2D eigenvalue weighted by Gasteiger charge is -2.13. The molecule has 2 aromatic carbocycles. The molecule has 1 atom stereocenters. The van der Waals surface area contributed by atoms with Crippen molar-refractivity contribution in [1.82, 2.24) is 9.99 Å². The van der Waals surface area contributed by atoms with E-state index in [0.717, 1.165) is 17.1 Å². The lowest BCUT2D eigenvalue weighted by atomic mass is 10.2. The van der Waals surface area contributed by atoms with Crippen LogP contribution in [-0.2, 0) is 16.1 Å². The molecule has 2 aromatic heterocycles. The highest BCUT2D eigenvalue weighted by atomic mass is 16.6. The molecule has 0 aliphatic heterocycles. The maximum absolute atomic E-state index is 12.5. The number of benzene rings is 2. The number of furan rings is 1. The Morgan fingerprint density at radius 2 is 1.71 bits per heavy atom. The average molecular weight is 516 g/mol. The zero-order valence-electron chi connectivity index (χ0n) is 21.6. The van der Waals surface area contributed by atoms with Crippen LogP contribution in [0.2, 0.25) is 0 Å². The number of para-hydroxylation sites is 1. The summed E-state index contributed by atoms with van der Waals surface area (Å²) in [5.41, 5.74) is 6.38. The van der Waals surface area contributed by atoms with E-state index in [-0.39, 0.29) is 12.4 Å². The van der Waals surface area contributed by atoms with Crippen molar-refractivity contribution in [2.45, 2.75) is 33.5 Å². The number of ether oxygens (including phenoxy) is 3. The SMILES string of the molecule is COC(=O)[C@@H](C)Oc1ccccc1/C=N/NC(=O)c1ccc(COc2ccc(-n3c(C)ccc3C)cc2)o1. The van der Waals surface area contributed by atoms with Crippen LogP contribution >= 0.6 is 0 Å². The topological polar surface area (TPSA) is 104 Å². The predicted octanol–water partition coefficient (Wildman–Crippen LogP) is 4.97. The Bertz CT molecular complexity index is 1420. The van der Waals surface area contributed by atoms with Gasteiger partial charge in [-0.1, -0.05) is 12.1 Å². The van der Waals surface area contributed by atoms with Gasteiger partial charge in [0.2, 0.25) is 0 Å². The molecule has 0 spiro atoms. The fourth-order valence-corrected chi connectivity index (χ4v) is 3.81. The lowest BCUT2D eigenvalue weighted by Crippen LogP contribution is -2.25. The molecule has 196 valence electrons. The summed E-state index contributed by atoms with van der Waals surface area (Å²) in [7, 11) is 1.29. The molecule has 0 aliphatic rings. The summed E-state index contributed by atoms with van der Waals surface area (Å²) in [6, 6.07) is 22.2. The van der Waals surface area contributed by atoms with Crippen molar-refractivity contribution in [1.29, 1.82) is 0 Å². The molecule has 1 N–H and O–H groups in total. The number of methoxy groups -OCH3 is 1. The van der Waals surface area contributed by atoms with E-state index in [2.05, 4.69) is 45.8 Å². The van der Waals surface area contributed by atoms with Crippen molar-refractivity contribution in [2.24, 2.45) is 5.10 Å². The van der Waals surface area contributed by atoms with Crippen molar-refractivity contribution < 1.29 is 28.2 Å². The van der Waals surface area contributed by atoms with Crippen molar-refractivity contribution >= 4 is 18.1 Å². The molecule has 0 saturated heterocycles. The van der Waals surface area contributed by atoms with Gasteiger partial charge in [-0.15, -0.1) is 0 Å². The first-order valence-electron chi connectivity index (χ1n) is 12.0.